The van der Waals surface area contributed by atoms with Crippen LogP contribution in [-0.2, 0) is 5.41 Å². The highest BCUT2D eigenvalue weighted by Gasteiger charge is 2.34. The van der Waals surface area contributed by atoms with Crippen molar-refractivity contribution in [2.24, 2.45) is 5.73 Å². The topological polar surface area (TPSA) is 38.9 Å². The molecule has 0 atom stereocenters. The zero-order chi connectivity index (χ0) is 10.6. The summed E-state index contributed by atoms with van der Waals surface area (Å²) in [5.74, 6) is 2.49. The predicted molar refractivity (Wildman–Crippen MR) is 66.1 cm³/mol. The van der Waals surface area contributed by atoms with Gasteiger partial charge >= 0.3 is 0 Å². The van der Waals surface area contributed by atoms with E-state index >= 15 is 0 Å². The van der Waals surface area contributed by atoms with E-state index in [0.29, 0.717) is 0 Å². The fraction of sp³-hybridized carbons (Fsp3) is 0.583. The van der Waals surface area contributed by atoms with Gasteiger partial charge in [-0.15, -0.1) is 0 Å². The highest BCUT2D eigenvalue weighted by Crippen LogP contribution is 2.39. The minimum Gasteiger partial charge on any atom is -0.330 e. The fourth-order valence-corrected chi connectivity index (χ4v) is 3.62. The SMILES string of the molecule is NCCC1(c2ccccn2)CCSCC1. The molecule has 0 saturated carbocycles. The number of rotatable bonds is 3. The maximum Gasteiger partial charge on any atom is 0.0466 e. The van der Waals surface area contributed by atoms with Crippen molar-refractivity contribution in [2.45, 2.75) is 24.7 Å². The molecule has 1 aromatic heterocycles. The number of pyridine rings is 1. The second-order valence-corrected chi connectivity index (χ2v) is 5.37. The number of hydrogen-bond donors (Lipinski definition) is 1. The van der Waals surface area contributed by atoms with Gasteiger partial charge in [0.1, 0.15) is 0 Å². The van der Waals surface area contributed by atoms with Crippen LogP contribution < -0.4 is 5.73 Å². The Morgan fingerprint density at radius 1 is 1.33 bits per heavy atom. The van der Waals surface area contributed by atoms with E-state index in [9.17, 15) is 0 Å². The summed E-state index contributed by atoms with van der Waals surface area (Å²) in [5, 5.41) is 0. The molecule has 2 nitrogen and oxygen atoms in total. The molecular formula is C12H18N2S. The molecule has 0 aromatic carbocycles. The summed E-state index contributed by atoms with van der Waals surface area (Å²) < 4.78 is 0. The lowest BCUT2D eigenvalue weighted by molar-refractivity contribution is 0.359. The first-order chi connectivity index (χ1) is 7.37. The quantitative estimate of drug-likeness (QED) is 0.852. The van der Waals surface area contributed by atoms with Crippen LogP contribution >= 0.6 is 11.8 Å². The van der Waals surface area contributed by atoms with Gasteiger partial charge in [-0.3, -0.25) is 4.98 Å². The molecule has 0 bridgehead atoms. The van der Waals surface area contributed by atoms with Crippen molar-refractivity contribution in [2.75, 3.05) is 18.1 Å². The zero-order valence-corrected chi connectivity index (χ0v) is 9.80. The third-order valence-corrected chi connectivity index (χ3v) is 4.27. The molecule has 2 heterocycles. The largest absolute Gasteiger partial charge is 0.330 e. The second-order valence-electron chi connectivity index (χ2n) is 4.15. The van der Waals surface area contributed by atoms with Crippen molar-refractivity contribution in [3.8, 4) is 0 Å². The van der Waals surface area contributed by atoms with Crippen molar-refractivity contribution < 1.29 is 0 Å². The summed E-state index contributed by atoms with van der Waals surface area (Å²) in [4.78, 5) is 4.53. The molecule has 1 aliphatic heterocycles. The Kier molecular flexibility index (Phi) is 3.65. The summed E-state index contributed by atoms with van der Waals surface area (Å²) in [6, 6.07) is 6.23. The summed E-state index contributed by atoms with van der Waals surface area (Å²) in [7, 11) is 0. The zero-order valence-electron chi connectivity index (χ0n) is 8.98. The molecule has 1 fully saturated rings. The van der Waals surface area contributed by atoms with Gasteiger partial charge in [-0.25, -0.2) is 0 Å². The smallest absolute Gasteiger partial charge is 0.0466 e. The fourth-order valence-electron chi connectivity index (χ4n) is 2.35. The molecule has 0 radical (unpaired) electrons. The van der Waals surface area contributed by atoms with E-state index in [4.69, 9.17) is 5.73 Å². The lowest BCUT2D eigenvalue weighted by Crippen LogP contribution is -2.34. The molecule has 1 aliphatic rings. The molecule has 0 aliphatic carbocycles. The summed E-state index contributed by atoms with van der Waals surface area (Å²) >= 11 is 2.05. The van der Waals surface area contributed by atoms with Gasteiger partial charge in [-0.2, -0.15) is 11.8 Å². The van der Waals surface area contributed by atoms with E-state index in [-0.39, 0.29) is 5.41 Å². The van der Waals surface area contributed by atoms with E-state index in [2.05, 4.69) is 17.1 Å². The van der Waals surface area contributed by atoms with Gasteiger partial charge in [0.05, 0.1) is 0 Å². The van der Waals surface area contributed by atoms with E-state index in [0.717, 1.165) is 13.0 Å². The molecule has 15 heavy (non-hydrogen) atoms. The number of nitrogens with zero attached hydrogens (tertiary/aromatic N) is 1. The maximum absolute atomic E-state index is 5.75. The molecular weight excluding hydrogens is 204 g/mol. The Morgan fingerprint density at radius 3 is 2.73 bits per heavy atom. The molecule has 2 rings (SSSR count). The first-order valence-electron chi connectivity index (χ1n) is 5.57. The highest BCUT2D eigenvalue weighted by atomic mass is 32.2. The third-order valence-electron chi connectivity index (χ3n) is 3.28. The molecule has 3 heteroatoms. The van der Waals surface area contributed by atoms with Crippen molar-refractivity contribution in [3.63, 3.8) is 0 Å². The Balaban J connectivity index is 2.25. The van der Waals surface area contributed by atoms with Crippen molar-refractivity contribution in [1.29, 1.82) is 0 Å². The lowest BCUT2D eigenvalue weighted by atomic mass is 9.75. The van der Waals surface area contributed by atoms with Crippen molar-refractivity contribution >= 4 is 11.8 Å². The summed E-state index contributed by atoms with van der Waals surface area (Å²) in [6.45, 7) is 0.765. The van der Waals surface area contributed by atoms with Crippen LogP contribution in [0, 0.1) is 0 Å². The van der Waals surface area contributed by atoms with Crippen LogP contribution in [0.2, 0.25) is 0 Å². The van der Waals surface area contributed by atoms with Crippen LogP contribution in [0.25, 0.3) is 0 Å². The van der Waals surface area contributed by atoms with Crippen molar-refractivity contribution in [1.82, 2.24) is 4.98 Å². The lowest BCUT2D eigenvalue weighted by Gasteiger charge is -2.36. The average molecular weight is 222 g/mol. The Labute approximate surface area is 95.7 Å². The van der Waals surface area contributed by atoms with E-state index in [1.54, 1.807) is 0 Å². The van der Waals surface area contributed by atoms with Gasteiger partial charge in [0.25, 0.3) is 0 Å². The molecule has 0 spiro atoms. The van der Waals surface area contributed by atoms with Crippen LogP contribution in [0.15, 0.2) is 24.4 Å². The minimum absolute atomic E-state index is 0.265. The predicted octanol–water partition coefficient (Wildman–Crippen LogP) is 2.20. The van der Waals surface area contributed by atoms with Crippen LogP contribution in [0.3, 0.4) is 0 Å². The Bertz CT molecular complexity index is 288. The first-order valence-corrected chi connectivity index (χ1v) is 6.72. The molecule has 2 N–H and O–H groups in total. The molecule has 82 valence electrons. The van der Waals surface area contributed by atoms with Gasteiger partial charge in [0, 0.05) is 17.3 Å². The van der Waals surface area contributed by atoms with Gasteiger partial charge in [-0.05, 0) is 49.4 Å². The Hall–Kier alpha value is -0.540. The van der Waals surface area contributed by atoms with Gasteiger partial charge < -0.3 is 5.73 Å². The van der Waals surface area contributed by atoms with Crippen LogP contribution in [0.1, 0.15) is 25.0 Å². The number of hydrogen-bond acceptors (Lipinski definition) is 3. The molecule has 1 saturated heterocycles. The number of aromatic nitrogens is 1. The van der Waals surface area contributed by atoms with E-state index < -0.39 is 0 Å². The first kappa shape index (κ1) is 11.0. The van der Waals surface area contributed by atoms with E-state index in [1.807, 2.05) is 24.0 Å². The number of thioether (sulfide) groups is 1. The summed E-state index contributed by atoms with van der Waals surface area (Å²) in [6.07, 6.45) is 5.43. The maximum atomic E-state index is 5.75. The van der Waals surface area contributed by atoms with Crippen molar-refractivity contribution in [3.05, 3.63) is 30.1 Å². The molecule has 0 unspecified atom stereocenters. The van der Waals surface area contributed by atoms with Gasteiger partial charge in [0.15, 0.2) is 0 Å². The van der Waals surface area contributed by atoms with E-state index in [1.165, 1.54) is 30.0 Å². The second kappa shape index (κ2) is 4.99. The Morgan fingerprint density at radius 2 is 2.13 bits per heavy atom. The minimum atomic E-state index is 0.265. The highest BCUT2D eigenvalue weighted by molar-refractivity contribution is 7.99. The normalized spacial score (nSPS) is 20.1. The molecule has 1 aromatic rings. The van der Waals surface area contributed by atoms with Gasteiger partial charge in [0.2, 0.25) is 0 Å². The molecule has 0 amide bonds. The van der Waals surface area contributed by atoms with Crippen LogP contribution in [0.5, 0.6) is 0 Å². The number of nitrogens with two attached hydrogens (primary N) is 1. The van der Waals surface area contributed by atoms with Gasteiger partial charge in [-0.1, -0.05) is 6.07 Å². The average Bonchev–Trinajstić information content (AvgIpc) is 2.32. The van der Waals surface area contributed by atoms with Crippen LogP contribution in [0.4, 0.5) is 0 Å². The third kappa shape index (κ3) is 2.34. The monoisotopic (exact) mass is 222 g/mol. The summed E-state index contributed by atoms with van der Waals surface area (Å²) in [5.41, 5.74) is 7.26. The van der Waals surface area contributed by atoms with Crippen LogP contribution in [-0.4, -0.2) is 23.0 Å². The standard InChI is InChI=1S/C12H18N2S/c13-7-4-12(5-9-15-10-6-12)11-3-1-2-8-14-11/h1-3,8H,4-7,9-10,13H2.